The maximum atomic E-state index is 9.97. The first kappa shape index (κ1) is 16.9. The zero-order valence-corrected chi connectivity index (χ0v) is 14.0. The Morgan fingerprint density at radius 2 is 2.33 bits per heavy atom. The molecule has 21 heavy (non-hydrogen) atoms. The Balaban J connectivity index is 1.60. The van der Waals surface area contributed by atoms with Gasteiger partial charge in [-0.25, -0.2) is 0 Å². The number of nitrogens with one attached hydrogen (secondary N) is 1. The van der Waals surface area contributed by atoms with Crippen LogP contribution in [-0.4, -0.2) is 43.1 Å². The third-order valence-corrected chi connectivity index (χ3v) is 5.13. The van der Waals surface area contributed by atoms with Gasteiger partial charge in [-0.1, -0.05) is 19.9 Å². The molecule has 0 amide bonds. The minimum absolute atomic E-state index is 0.132. The molecule has 0 radical (unpaired) electrons. The normalized spacial score (nSPS) is 25.5. The van der Waals surface area contributed by atoms with E-state index in [1.54, 1.807) is 11.3 Å². The van der Waals surface area contributed by atoms with Crippen molar-refractivity contribution >= 4 is 11.3 Å². The van der Waals surface area contributed by atoms with E-state index in [9.17, 15) is 5.11 Å². The van der Waals surface area contributed by atoms with Gasteiger partial charge in [0.15, 0.2) is 0 Å². The van der Waals surface area contributed by atoms with Crippen LogP contribution < -0.4 is 5.32 Å². The molecule has 0 spiro atoms. The summed E-state index contributed by atoms with van der Waals surface area (Å²) in [4.78, 5) is 1.19. The summed E-state index contributed by atoms with van der Waals surface area (Å²) in [6.07, 6.45) is 0.878. The zero-order chi connectivity index (χ0) is 15.3. The Bertz CT molecular complexity index is 408. The van der Waals surface area contributed by atoms with Crippen LogP contribution in [0.1, 0.15) is 32.1 Å². The van der Waals surface area contributed by atoms with Crippen molar-refractivity contribution in [2.75, 3.05) is 19.8 Å². The molecule has 0 saturated heterocycles. The summed E-state index contributed by atoms with van der Waals surface area (Å²) in [6.45, 7) is 8.74. The van der Waals surface area contributed by atoms with E-state index in [4.69, 9.17) is 9.47 Å². The summed E-state index contributed by atoms with van der Waals surface area (Å²) in [5, 5.41) is 15.4. The maximum absolute atomic E-state index is 9.97. The molecule has 0 bridgehead atoms. The molecule has 3 unspecified atom stereocenters. The summed E-state index contributed by atoms with van der Waals surface area (Å²) in [5.74, 6) is 0. The molecule has 2 N–H and O–H groups in total. The van der Waals surface area contributed by atoms with Crippen molar-refractivity contribution in [3.8, 4) is 0 Å². The molecule has 1 aromatic rings. The van der Waals surface area contributed by atoms with Crippen molar-refractivity contribution in [3.63, 3.8) is 0 Å². The fourth-order valence-electron chi connectivity index (χ4n) is 2.74. The van der Waals surface area contributed by atoms with Gasteiger partial charge in [0.05, 0.1) is 25.4 Å². The fraction of sp³-hybridized carbons (Fsp3) is 0.750. The molecule has 0 aromatic carbocycles. The van der Waals surface area contributed by atoms with Crippen LogP contribution in [0.4, 0.5) is 0 Å². The number of aliphatic hydroxyl groups is 1. The van der Waals surface area contributed by atoms with E-state index in [-0.39, 0.29) is 5.41 Å². The first-order valence-electron chi connectivity index (χ1n) is 7.67. The minimum atomic E-state index is -0.466. The summed E-state index contributed by atoms with van der Waals surface area (Å²) in [7, 11) is 0. The lowest BCUT2D eigenvalue weighted by atomic mass is 9.64. The molecule has 1 saturated carbocycles. The van der Waals surface area contributed by atoms with Crippen molar-refractivity contribution < 1.29 is 14.6 Å². The Morgan fingerprint density at radius 1 is 1.52 bits per heavy atom. The van der Waals surface area contributed by atoms with Gasteiger partial charge in [-0.3, -0.25) is 0 Å². The molecule has 1 heterocycles. The molecule has 1 aliphatic rings. The largest absolute Gasteiger partial charge is 0.389 e. The average Bonchev–Trinajstić information content (AvgIpc) is 2.95. The van der Waals surface area contributed by atoms with Crippen LogP contribution in [0, 0.1) is 5.41 Å². The monoisotopic (exact) mass is 313 g/mol. The third kappa shape index (κ3) is 4.50. The van der Waals surface area contributed by atoms with E-state index in [2.05, 4.69) is 19.2 Å². The molecule has 1 fully saturated rings. The van der Waals surface area contributed by atoms with Crippen LogP contribution in [0.15, 0.2) is 17.5 Å². The summed E-state index contributed by atoms with van der Waals surface area (Å²) in [5.41, 5.74) is 0.132. The van der Waals surface area contributed by atoms with Gasteiger partial charge < -0.3 is 19.9 Å². The highest BCUT2D eigenvalue weighted by Crippen LogP contribution is 2.42. The number of hydrogen-bond acceptors (Lipinski definition) is 5. The molecule has 4 nitrogen and oxygen atoms in total. The van der Waals surface area contributed by atoms with Crippen LogP contribution >= 0.6 is 11.3 Å². The predicted molar refractivity (Wildman–Crippen MR) is 85.6 cm³/mol. The standard InChI is InChI=1S/C16H27NO3S/c1-4-20-15-8-14(16(15,2)3)17-9-12(18)10-19-11-13-6-5-7-21-13/h5-7,12,14-15,17-18H,4,8-11H2,1-3H3. The Kier molecular flexibility index (Phi) is 6.20. The maximum Gasteiger partial charge on any atom is 0.0897 e. The van der Waals surface area contributed by atoms with Crippen molar-refractivity contribution in [3.05, 3.63) is 22.4 Å². The van der Waals surface area contributed by atoms with Crippen molar-refractivity contribution in [1.82, 2.24) is 5.32 Å². The average molecular weight is 313 g/mol. The van der Waals surface area contributed by atoms with Crippen molar-refractivity contribution in [2.45, 2.75) is 52.0 Å². The zero-order valence-electron chi connectivity index (χ0n) is 13.2. The van der Waals surface area contributed by atoms with Crippen LogP contribution in [0.3, 0.4) is 0 Å². The Labute approximate surface area is 131 Å². The van der Waals surface area contributed by atoms with Gasteiger partial charge in [-0.15, -0.1) is 11.3 Å². The first-order chi connectivity index (χ1) is 10.0. The smallest absolute Gasteiger partial charge is 0.0897 e. The van der Waals surface area contributed by atoms with Gasteiger partial charge >= 0.3 is 0 Å². The number of thiophene rings is 1. The summed E-state index contributed by atoms with van der Waals surface area (Å²) < 4.78 is 11.2. The predicted octanol–water partition coefficient (Wildman–Crippen LogP) is 2.42. The molecular formula is C16H27NO3S. The molecule has 120 valence electrons. The quantitative estimate of drug-likeness (QED) is 0.735. The number of rotatable bonds is 9. The second-order valence-electron chi connectivity index (χ2n) is 6.21. The second kappa shape index (κ2) is 7.70. The van der Waals surface area contributed by atoms with E-state index in [0.717, 1.165) is 13.0 Å². The molecule has 1 aliphatic carbocycles. The number of aliphatic hydroxyl groups excluding tert-OH is 1. The number of ether oxygens (including phenoxy) is 2. The lowest BCUT2D eigenvalue weighted by molar-refractivity contribution is -0.116. The molecule has 0 aliphatic heterocycles. The van der Waals surface area contributed by atoms with Gasteiger partial charge in [0, 0.05) is 29.5 Å². The van der Waals surface area contributed by atoms with E-state index in [1.165, 1.54) is 4.88 Å². The molecular weight excluding hydrogens is 286 g/mol. The topological polar surface area (TPSA) is 50.7 Å². The van der Waals surface area contributed by atoms with E-state index in [1.807, 2.05) is 24.4 Å². The van der Waals surface area contributed by atoms with Gasteiger partial charge in [0.2, 0.25) is 0 Å². The molecule has 2 rings (SSSR count). The van der Waals surface area contributed by atoms with Crippen LogP contribution in [0.5, 0.6) is 0 Å². The van der Waals surface area contributed by atoms with Crippen LogP contribution in [0.2, 0.25) is 0 Å². The van der Waals surface area contributed by atoms with Gasteiger partial charge in [0.25, 0.3) is 0 Å². The van der Waals surface area contributed by atoms with E-state index >= 15 is 0 Å². The number of hydrogen-bond donors (Lipinski definition) is 2. The second-order valence-corrected chi connectivity index (χ2v) is 7.24. The highest BCUT2D eigenvalue weighted by molar-refractivity contribution is 7.09. The van der Waals surface area contributed by atoms with Gasteiger partial charge in [-0.05, 0) is 24.8 Å². The molecule has 3 atom stereocenters. The van der Waals surface area contributed by atoms with Crippen LogP contribution in [-0.2, 0) is 16.1 Å². The fourth-order valence-corrected chi connectivity index (χ4v) is 3.38. The van der Waals surface area contributed by atoms with Crippen LogP contribution in [0.25, 0.3) is 0 Å². The summed E-state index contributed by atoms with van der Waals surface area (Å²) in [6, 6.07) is 4.45. The van der Waals surface area contributed by atoms with Gasteiger partial charge in [-0.2, -0.15) is 0 Å². The minimum Gasteiger partial charge on any atom is -0.389 e. The highest BCUT2D eigenvalue weighted by atomic mass is 32.1. The SMILES string of the molecule is CCOC1CC(NCC(O)COCc2cccs2)C1(C)C. The molecule has 5 heteroatoms. The Hall–Kier alpha value is -0.460. The highest BCUT2D eigenvalue weighted by Gasteiger charge is 2.48. The van der Waals surface area contributed by atoms with Crippen molar-refractivity contribution in [2.24, 2.45) is 5.41 Å². The van der Waals surface area contributed by atoms with Crippen molar-refractivity contribution in [1.29, 1.82) is 0 Å². The lowest BCUT2D eigenvalue weighted by Gasteiger charge is -2.52. The van der Waals surface area contributed by atoms with E-state index < -0.39 is 6.10 Å². The third-order valence-electron chi connectivity index (χ3n) is 4.28. The first-order valence-corrected chi connectivity index (χ1v) is 8.55. The lowest BCUT2D eigenvalue weighted by Crippen LogP contribution is -2.61. The summed E-state index contributed by atoms with van der Waals surface area (Å²) >= 11 is 1.67. The Morgan fingerprint density at radius 3 is 2.95 bits per heavy atom. The molecule has 1 aromatic heterocycles. The van der Waals surface area contributed by atoms with E-state index in [0.29, 0.717) is 31.9 Å². The van der Waals surface area contributed by atoms with Gasteiger partial charge in [0.1, 0.15) is 0 Å².